The lowest BCUT2D eigenvalue weighted by Crippen LogP contribution is -2.33. The third-order valence-corrected chi connectivity index (χ3v) is 6.96. The highest BCUT2D eigenvalue weighted by Gasteiger charge is 2.28. The molecule has 0 radical (unpaired) electrons. The topological polar surface area (TPSA) is 29.9 Å². The fourth-order valence-electron chi connectivity index (χ4n) is 5.39. The van der Waals surface area contributed by atoms with Crippen LogP contribution in [0.1, 0.15) is 42.7 Å². The van der Waals surface area contributed by atoms with Crippen LogP contribution in [0.5, 0.6) is 0 Å². The molecular formula is C27H24FN2O+. The first kappa shape index (κ1) is 18.5. The smallest absolute Gasteiger partial charge is 0.229 e. The van der Waals surface area contributed by atoms with Gasteiger partial charge in [-0.05, 0) is 55.0 Å². The number of rotatable bonds is 2. The molecule has 0 aliphatic heterocycles. The standard InChI is InChI=1S/C27H24FN2O/c1-16-11-12-19-20-13-14-24(28)29-27(20)31-26(19)25(16)23-15-21(17-7-3-4-8-17)18-9-5-6-10-22(18)30(23)2/h5-6,9-15,17H,3-4,7-8H2,1-2H3/q+1. The first-order valence-electron chi connectivity index (χ1n) is 11.0. The number of hydrogen-bond acceptors (Lipinski definition) is 2. The van der Waals surface area contributed by atoms with Crippen LogP contribution in [0.2, 0.25) is 0 Å². The summed E-state index contributed by atoms with van der Waals surface area (Å²) >= 11 is 0. The first-order valence-corrected chi connectivity index (χ1v) is 11.0. The Labute approximate surface area is 180 Å². The van der Waals surface area contributed by atoms with Crippen LogP contribution in [-0.2, 0) is 7.05 Å². The van der Waals surface area contributed by atoms with Crippen molar-refractivity contribution in [3.05, 3.63) is 71.7 Å². The van der Waals surface area contributed by atoms with Gasteiger partial charge < -0.3 is 4.42 Å². The number of nitrogens with zero attached hydrogens (tertiary/aromatic N) is 2. The maximum Gasteiger partial charge on any atom is 0.229 e. The van der Waals surface area contributed by atoms with E-state index in [0.29, 0.717) is 11.6 Å². The average molecular weight is 412 g/mol. The molecule has 154 valence electrons. The molecule has 0 atom stereocenters. The summed E-state index contributed by atoms with van der Waals surface area (Å²) < 4.78 is 22.2. The predicted octanol–water partition coefficient (Wildman–Crippen LogP) is 6.73. The second-order valence-electron chi connectivity index (χ2n) is 8.77. The highest BCUT2D eigenvalue weighted by molar-refractivity contribution is 6.08. The number of furan rings is 1. The van der Waals surface area contributed by atoms with Gasteiger partial charge in [0.25, 0.3) is 0 Å². The Morgan fingerprint density at radius 2 is 1.74 bits per heavy atom. The molecule has 0 saturated heterocycles. The molecule has 3 heterocycles. The van der Waals surface area contributed by atoms with E-state index in [0.717, 1.165) is 33.2 Å². The number of hydrogen-bond donors (Lipinski definition) is 0. The summed E-state index contributed by atoms with van der Waals surface area (Å²) in [6.45, 7) is 2.11. The second-order valence-corrected chi connectivity index (χ2v) is 8.77. The van der Waals surface area contributed by atoms with E-state index in [4.69, 9.17) is 4.42 Å². The number of pyridine rings is 2. The fraction of sp³-hybridized carbons (Fsp3) is 0.259. The largest absolute Gasteiger partial charge is 0.437 e. The first-order chi connectivity index (χ1) is 15.1. The molecule has 4 heteroatoms. The van der Waals surface area contributed by atoms with Crippen molar-refractivity contribution in [1.29, 1.82) is 0 Å². The van der Waals surface area contributed by atoms with E-state index < -0.39 is 5.95 Å². The Balaban J connectivity index is 1.71. The molecule has 0 bridgehead atoms. The zero-order valence-electron chi connectivity index (χ0n) is 17.8. The Kier molecular flexibility index (Phi) is 4.10. The van der Waals surface area contributed by atoms with Crippen molar-refractivity contribution in [3.63, 3.8) is 0 Å². The van der Waals surface area contributed by atoms with Gasteiger partial charge in [-0.25, -0.2) is 0 Å². The number of aromatic nitrogens is 2. The van der Waals surface area contributed by atoms with Crippen LogP contribution in [0.15, 0.2) is 59.0 Å². The van der Waals surface area contributed by atoms with Crippen LogP contribution in [0.3, 0.4) is 0 Å². The van der Waals surface area contributed by atoms with Gasteiger partial charge in [-0.3, -0.25) is 0 Å². The van der Waals surface area contributed by atoms with E-state index in [9.17, 15) is 4.39 Å². The summed E-state index contributed by atoms with van der Waals surface area (Å²) in [5, 5.41) is 3.15. The van der Waals surface area contributed by atoms with E-state index in [1.807, 2.05) is 0 Å². The molecule has 3 aromatic heterocycles. The zero-order chi connectivity index (χ0) is 21.1. The maximum absolute atomic E-state index is 13.8. The van der Waals surface area contributed by atoms with Crippen molar-refractivity contribution in [1.82, 2.24) is 4.98 Å². The predicted molar refractivity (Wildman–Crippen MR) is 122 cm³/mol. The molecule has 0 amide bonds. The molecule has 1 aliphatic carbocycles. The number of para-hydroxylation sites is 1. The third kappa shape index (κ3) is 2.78. The van der Waals surface area contributed by atoms with Crippen LogP contribution in [0.25, 0.3) is 44.2 Å². The summed E-state index contributed by atoms with van der Waals surface area (Å²) in [4.78, 5) is 3.99. The van der Waals surface area contributed by atoms with Gasteiger partial charge >= 0.3 is 0 Å². The SMILES string of the molecule is Cc1ccc2c(oc3nc(F)ccc32)c1-c1cc(C2CCCC2)c2ccccc2[n+]1C. The Bertz CT molecular complexity index is 1480. The van der Waals surface area contributed by atoms with Crippen molar-refractivity contribution in [2.75, 3.05) is 0 Å². The van der Waals surface area contributed by atoms with Crippen LogP contribution in [0, 0.1) is 12.9 Å². The summed E-state index contributed by atoms with van der Waals surface area (Å²) in [5.41, 5.74) is 7.09. The molecule has 2 aromatic carbocycles. The minimum absolute atomic E-state index is 0.348. The van der Waals surface area contributed by atoms with E-state index in [-0.39, 0.29) is 0 Å². The minimum Gasteiger partial charge on any atom is -0.437 e. The molecular weight excluding hydrogens is 387 g/mol. The molecule has 6 rings (SSSR count). The van der Waals surface area contributed by atoms with E-state index in [2.05, 4.69) is 66.0 Å². The van der Waals surface area contributed by atoms with Crippen molar-refractivity contribution in [3.8, 4) is 11.3 Å². The van der Waals surface area contributed by atoms with Gasteiger partial charge in [0.05, 0.1) is 5.56 Å². The Morgan fingerprint density at radius 1 is 0.968 bits per heavy atom. The molecule has 31 heavy (non-hydrogen) atoms. The maximum atomic E-state index is 13.8. The molecule has 1 fully saturated rings. The van der Waals surface area contributed by atoms with Gasteiger partial charge in [0.15, 0.2) is 5.58 Å². The number of aryl methyl sites for hydroxylation is 2. The molecule has 3 nitrogen and oxygen atoms in total. The van der Waals surface area contributed by atoms with E-state index in [1.54, 1.807) is 6.07 Å². The summed E-state index contributed by atoms with van der Waals surface area (Å²) in [6, 6.07) is 18.4. The molecule has 0 unspecified atom stereocenters. The van der Waals surface area contributed by atoms with Crippen LogP contribution < -0.4 is 4.57 Å². The lowest BCUT2D eigenvalue weighted by molar-refractivity contribution is -0.633. The van der Waals surface area contributed by atoms with Crippen LogP contribution in [0.4, 0.5) is 4.39 Å². The normalized spacial score (nSPS) is 14.9. The molecule has 0 N–H and O–H groups in total. The van der Waals surface area contributed by atoms with E-state index in [1.165, 1.54) is 48.2 Å². The lowest BCUT2D eigenvalue weighted by atomic mass is 9.91. The van der Waals surface area contributed by atoms with Crippen molar-refractivity contribution in [2.45, 2.75) is 38.5 Å². The number of halogens is 1. The molecule has 1 saturated carbocycles. The summed E-state index contributed by atoms with van der Waals surface area (Å²) in [6.07, 6.45) is 5.08. The summed E-state index contributed by atoms with van der Waals surface area (Å²) in [5.74, 6) is 0.0698. The van der Waals surface area contributed by atoms with Gasteiger partial charge in [0.1, 0.15) is 7.05 Å². The van der Waals surface area contributed by atoms with Gasteiger partial charge in [0, 0.05) is 28.3 Å². The van der Waals surface area contributed by atoms with Gasteiger partial charge in [-0.1, -0.05) is 37.1 Å². The zero-order valence-corrected chi connectivity index (χ0v) is 17.8. The summed E-state index contributed by atoms with van der Waals surface area (Å²) in [7, 11) is 2.12. The molecule has 0 spiro atoms. The highest BCUT2D eigenvalue weighted by atomic mass is 19.1. The monoisotopic (exact) mass is 411 g/mol. The lowest BCUT2D eigenvalue weighted by Gasteiger charge is -2.15. The van der Waals surface area contributed by atoms with Crippen molar-refractivity contribution >= 4 is 33.0 Å². The van der Waals surface area contributed by atoms with Crippen molar-refractivity contribution < 1.29 is 13.4 Å². The van der Waals surface area contributed by atoms with Gasteiger partial charge in [-0.2, -0.15) is 13.9 Å². The van der Waals surface area contributed by atoms with E-state index >= 15 is 0 Å². The average Bonchev–Trinajstić information content (AvgIpc) is 3.42. The fourth-order valence-corrected chi connectivity index (χ4v) is 5.39. The third-order valence-electron chi connectivity index (χ3n) is 6.96. The van der Waals surface area contributed by atoms with Crippen molar-refractivity contribution in [2.24, 2.45) is 7.05 Å². The van der Waals surface area contributed by atoms with Crippen LogP contribution >= 0.6 is 0 Å². The molecule has 5 aromatic rings. The quantitative estimate of drug-likeness (QED) is 0.238. The number of fused-ring (bicyclic) bond motifs is 4. The van der Waals surface area contributed by atoms with Gasteiger partial charge in [-0.15, -0.1) is 0 Å². The highest BCUT2D eigenvalue weighted by Crippen LogP contribution is 2.41. The van der Waals surface area contributed by atoms with Gasteiger partial charge in [0.2, 0.25) is 22.9 Å². The Hall–Kier alpha value is -3.27. The molecule has 1 aliphatic rings. The Morgan fingerprint density at radius 3 is 2.58 bits per heavy atom. The minimum atomic E-state index is -0.524. The van der Waals surface area contributed by atoms with Crippen LogP contribution in [-0.4, -0.2) is 4.98 Å². The number of benzene rings is 2. The second kappa shape index (κ2) is 6.88.